The van der Waals surface area contributed by atoms with E-state index in [9.17, 15) is 4.79 Å². The number of nitrogens with zero attached hydrogens (tertiary/aromatic N) is 3. The van der Waals surface area contributed by atoms with Gasteiger partial charge >= 0.3 is 0 Å². The van der Waals surface area contributed by atoms with Gasteiger partial charge < -0.3 is 10.6 Å². The number of nitriles is 1. The van der Waals surface area contributed by atoms with E-state index >= 15 is 0 Å². The van der Waals surface area contributed by atoms with Gasteiger partial charge in [0, 0.05) is 11.9 Å². The molecule has 0 aliphatic rings. The van der Waals surface area contributed by atoms with Crippen LogP contribution >= 0.6 is 0 Å². The van der Waals surface area contributed by atoms with Crippen molar-refractivity contribution in [2.75, 3.05) is 10.6 Å². The van der Waals surface area contributed by atoms with E-state index in [4.69, 9.17) is 5.26 Å². The van der Waals surface area contributed by atoms with Gasteiger partial charge in [-0.1, -0.05) is 31.2 Å². The summed E-state index contributed by atoms with van der Waals surface area (Å²) in [5.41, 5.74) is 3.13. The molecule has 0 saturated heterocycles. The van der Waals surface area contributed by atoms with Crippen LogP contribution in [0.25, 0.3) is 0 Å². The zero-order valence-electron chi connectivity index (χ0n) is 14.2. The number of rotatable bonds is 5. The minimum Gasteiger partial charge on any atom is -0.324 e. The molecule has 3 aromatic rings. The van der Waals surface area contributed by atoms with Crippen molar-refractivity contribution in [3.8, 4) is 6.07 Å². The van der Waals surface area contributed by atoms with E-state index < -0.39 is 5.91 Å². The molecule has 0 fully saturated rings. The first kappa shape index (κ1) is 17.1. The highest BCUT2D eigenvalue weighted by Gasteiger charge is 2.11. The summed E-state index contributed by atoms with van der Waals surface area (Å²) in [6.07, 6.45) is 2.48. The number of hydrogen-bond donors (Lipinski definition) is 2. The lowest BCUT2D eigenvalue weighted by molar-refractivity contribution is 0.102. The van der Waals surface area contributed by atoms with Crippen molar-refractivity contribution in [3.05, 3.63) is 77.6 Å². The molecule has 0 aliphatic carbocycles. The van der Waals surface area contributed by atoms with Gasteiger partial charge in [0.15, 0.2) is 0 Å². The molecule has 0 spiro atoms. The Morgan fingerprint density at radius 3 is 2.62 bits per heavy atom. The normalized spacial score (nSPS) is 10.0. The van der Waals surface area contributed by atoms with Gasteiger partial charge in [-0.25, -0.2) is 9.97 Å². The van der Waals surface area contributed by atoms with E-state index in [0.29, 0.717) is 17.2 Å². The smallest absolute Gasteiger partial charge is 0.274 e. The molecule has 0 bridgehead atoms. The lowest BCUT2D eigenvalue weighted by Crippen LogP contribution is -2.15. The molecule has 0 atom stereocenters. The molecule has 0 unspecified atom stereocenters. The summed E-state index contributed by atoms with van der Waals surface area (Å²) in [6, 6.07) is 18.3. The summed E-state index contributed by atoms with van der Waals surface area (Å²) in [6.45, 7) is 2.10. The molecule has 1 amide bonds. The standard InChI is InChI=1S/C20H17N5O/c1-2-14-7-9-16(10-8-14)23-20-22-12-11-18(25-20)19(26)24-17-6-4-3-5-15(17)13-21/h3-12H,2H2,1H3,(H,24,26)(H,22,23,25). The summed E-state index contributed by atoms with van der Waals surface area (Å²) in [4.78, 5) is 20.8. The van der Waals surface area contributed by atoms with E-state index in [1.807, 2.05) is 30.3 Å². The molecule has 6 nitrogen and oxygen atoms in total. The number of hydrogen-bond acceptors (Lipinski definition) is 5. The van der Waals surface area contributed by atoms with E-state index in [-0.39, 0.29) is 5.69 Å². The molecule has 128 valence electrons. The van der Waals surface area contributed by atoms with Crippen molar-refractivity contribution in [2.24, 2.45) is 0 Å². The van der Waals surface area contributed by atoms with Crippen molar-refractivity contribution in [3.63, 3.8) is 0 Å². The molecule has 2 N–H and O–H groups in total. The minimum absolute atomic E-state index is 0.209. The predicted molar refractivity (Wildman–Crippen MR) is 100 cm³/mol. The maximum absolute atomic E-state index is 12.4. The Balaban J connectivity index is 1.75. The van der Waals surface area contributed by atoms with Crippen molar-refractivity contribution < 1.29 is 4.79 Å². The van der Waals surface area contributed by atoms with E-state index in [0.717, 1.165) is 12.1 Å². The van der Waals surface area contributed by atoms with Gasteiger partial charge in [0.25, 0.3) is 5.91 Å². The van der Waals surface area contributed by atoms with Crippen LogP contribution < -0.4 is 10.6 Å². The zero-order valence-corrected chi connectivity index (χ0v) is 14.2. The van der Waals surface area contributed by atoms with Crippen molar-refractivity contribution >= 4 is 23.2 Å². The number of carbonyl (C=O) groups is 1. The Morgan fingerprint density at radius 1 is 1.12 bits per heavy atom. The van der Waals surface area contributed by atoms with Gasteiger partial charge in [-0.2, -0.15) is 5.26 Å². The molecule has 6 heteroatoms. The number of amides is 1. The Hall–Kier alpha value is -3.72. The van der Waals surface area contributed by atoms with Crippen LogP contribution in [-0.2, 0) is 6.42 Å². The molecular weight excluding hydrogens is 326 g/mol. The monoisotopic (exact) mass is 343 g/mol. The average Bonchev–Trinajstić information content (AvgIpc) is 2.69. The molecule has 3 rings (SSSR count). The van der Waals surface area contributed by atoms with Crippen LogP contribution in [0.5, 0.6) is 0 Å². The van der Waals surface area contributed by atoms with Gasteiger partial charge in [0.05, 0.1) is 11.3 Å². The van der Waals surface area contributed by atoms with Crippen LogP contribution in [0, 0.1) is 11.3 Å². The third-order valence-corrected chi connectivity index (χ3v) is 3.80. The first-order chi connectivity index (χ1) is 12.7. The second-order valence-corrected chi connectivity index (χ2v) is 5.55. The molecule has 2 aromatic carbocycles. The van der Waals surface area contributed by atoms with Crippen molar-refractivity contribution in [1.82, 2.24) is 9.97 Å². The van der Waals surface area contributed by atoms with Crippen LogP contribution in [0.15, 0.2) is 60.8 Å². The van der Waals surface area contributed by atoms with Gasteiger partial charge in [-0.05, 0) is 42.3 Å². The quantitative estimate of drug-likeness (QED) is 0.733. The topological polar surface area (TPSA) is 90.7 Å². The van der Waals surface area contributed by atoms with Crippen LogP contribution in [0.1, 0.15) is 28.5 Å². The molecule has 26 heavy (non-hydrogen) atoms. The lowest BCUT2D eigenvalue weighted by atomic mass is 10.1. The number of aryl methyl sites for hydroxylation is 1. The predicted octanol–water partition coefficient (Wildman–Crippen LogP) is 3.91. The van der Waals surface area contributed by atoms with E-state index in [1.165, 1.54) is 17.8 Å². The summed E-state index contributed by atoms with van der Waals surface area (Å²) >= 11 is 0. The van der Waals surface area contributed by atoms with Crippen molar-refractivity contribution in [1.29, 1.82) is 5.26 Å². The fraction of sp³-hybridized carbons (Fsp3) is 0.100. The SMILES string of the molecule is CCc1ccc(Nc2nccc(C(=O)Nc3ccccc3C#N)n2)cc1. The van der Waals surface area contributed by atoms with Crippen LogP contribution in [0.3, 0.4) is 0 Å². The second-order valence-electron chi connectivity index (χ2n) is 5.55. The molecule has 0 aliphatic heterocycles. The Bertz CT molecular complexity index is 960. The summed E-state index contributed by atoms with van der Waals surface area (Å²) in [7, 11) is 0. The van der Waals surface area contributed by atoms with Gasteiger partial charge in [0.1, 0.15) is 11.8 Å². The van der Waals surface area contributed by atoms with E-state index in [2.05, 4.69) is 27.5 Å². The van der Waals surface area contributed by atoms with Crippen LogP contribution in [0.4, 0.5) is 17.3 Å². The average molecular weight is 343 g/mol. The van der Waals surface area contributed by atoms with Gasteiger partial charge in [-0.15, -0.1) is 0 Å². The fourth-order valence-electron chi connectivity index (χ4n) is 2.37. The molecule has 0 radical (unpaired) electrons. The summed E-state index contributed by atoms with van der Waals surface area (Å²) in [5, 5.41) is 14.9. The second kappa shape index (κ2) is 7.90. The highest BCUT2D eigenvalue weighted by molar-refractivity contribution is 6.03. The number of anilines is 3. The van der Waals surface area contributed by atoms with Crippen LogP contribution in [0.2, 0.25) is 0 Å². The van der Waals surface area contributed by atoms with Gasteiger partial charge in [-0.3, -0.25) is 4.79 Å². The Morgan fingerprint density at radius 2 is 1.88 bits per heavy atom. The third kappa shape index (κ3) is 4.02. The number of carbonyl (C=O) groups excluding carboxylic acids is 1. The first-order valence-corrected chi connectivity index (χ1v) is 8.19. The first-order valence-electron chi connectivity index (χ1n) is 8.19. The van der Waals surface area contributed by atoms with E-state index in [1.54, 1.807) is 24.3 Å². The number of aromatic nitrogens is 2. The molecular formula is C20H17N5O. The maximum Gasteiger partial charge on any atom is 0.274 e. The Kier molecular flexibility index (Phi) is 5.20. The third-order valence-electron chi connectivity index (χ3n) is 3.80. The number of benzene rings is 2. The lowest BCUT2D eigenvalue weighted by Gasteiger charge is -2.08. The van der Waals surface area contributed by atoms with Crippen molar-refractivity contribution in [2.45, 2.75) is 13.3 Å². The molecule has 0 saturated carbocycles. The largest absolute Gasteiger partial charge is 0.324 e. The zero-order chi connectivity index (χ0) is 18.4. The van der Waals surface area contributed by atoms with Gasteiger partial charge in [0.2, 0.25) is 5.95 Å². The summed E-state index contributed by atoms with van der Waals surface area (Å²) < 4.78 is 0. The minimum atomic E-state index is -0.403. The maximum atomic E-state index is 12.4. The number of para-hydroxylation sites is 1. The highest BCUT2D eigenvalue weighted by atomic mass is 16.1. The Labute approximate surface area is 151 Å². The summed E-state index contributed by atoms with van der Waals surface area (Å²) in [5.74, 6) is -0.0741. The molecule has 1 aromatic heterocycles. The number of nitrogens with one attached hydrogen (secondary N) is 2. The van der Waals surface area contributed by atoms with Crippen LogP contribution in [-0.4, -0.2) is 15.9 Å². The fourth-order valence-corrected chi connectivity index (χ4v) is 2.37. The highest BCUT2D eigenvalue weighted by Crippen LogP contribution is 2.16. The molecule has 1 heterocycles.